The van der Waals surface area contributed by atoms with Crippen LogP contribution in [0.15, 0.2) is 106 Å². The van der Waals surface area contributed by atoms with Crippen LogP contribution in [0.4, 0.5) is 0 Å². The standard InChI is InChI=1S/C50H59NO5S2/c1-34-8-6-21-48(2)45(43-19-13-35(27-42(52)18-12-34)28-44(43)47(53)41-16-14-40(15-17-41)39-9-4-3-5-10-39)20-22-50(48,54)33-51(58(55,56)46-11-7-23-57-46)32-49-29-36-24-37(30-49)26-38(25-36)31-49/h3-5,7-11,13-17,19,23,28,36-38,42,45,52,54H,6,12,18,20-22,24-27,29-33H2,1-2H3. The maximum atomic E-state index is 14.8. The predicted molar refractivity (Wildman–Crippen MR) is 232 cm³/mol. The van der Waals surface area contributed by atoms with Gasteiger partial charge in [-0.3, -0.25) is 4.79 Å². The van der Waals surface area contributed by atoms with E-state index in [1.54, 1.807) is 10.4 Å². The second-order valence-electron chi connectivity index (χ2n) is 19.3. The highest BCUT2D eigenvalue weighted by molar-refractivity contribution is 7.91. The van der Waals surface area contributed by atoms with E-state index in [0.717, 1.165) is 47.9 Å². The second kappa shape index (κ2) is 15.6. The summed E-state index contributed by atoms with van der Waals surface area (Å²) >= 11 is 1.26. The van der Waals surface area contributed by atoms with E-state index in [9.17, 15) is 23.4 Å². The number of hydrogen-bond donors (Lipinski definition) is 2. The van der Waals surface area contributed by atoms with Crippen LogP contribution < -0.4 is 0 Å². The van der Waals surface area contributed by atoms with Gasteiger partial charge in [0.25, 0.3) is 10.0 Å². The number of fused-ring (bicyclic) bond motifs is 8. The van der Waals surface area contributed by atoms with Crippen LogP contribution >= 0.6 is 11.3 Å². The minimum atomic E-state index is -3.88. The molecule has 2 N–H and O–H groups in total. The van der Waals surface area contributed by atoms with Gasteiger partial charge < -0.3 is 10.2 Å². The molecule has 58 heavy (non-hydrogen) atoms. The molecule has 5 fully saturated rings. The number of ketones is 1. The molecule has 306 valence electrons. The summed E-state index contributed by atoms with van der Waals surface area (Å²) in [6.45, 7) is 4.78. The molecule has 6 bridgehead atoms. The molecule has 4 aromatic rings. The summed E-state index contributed by atoms with van der Waals surface area (Å²) in [6, 6.07) is 27.6. The van der Waals surface area contributed by atoms with Gasteiger partial charge in [-0.1, -0.05) is 91.4 Å². The molecule has 0 amide bonds. The van der Waals surface area contributed by atoms with E-state index in [1.165, 1.54) is 36.2 Å². The average molecular weight is 818 g/mol. The van der Waals surface area contributed by atoms with Crippen molar-refractivity contribution in [1.82, 2.24) is 4.31 Å². The molecular formula is C50H59NO5S2. The van der Waals surface area contributed by atoms with Crippen LogP contribution in [0.3, 0.4) is 0 Å². The third-order valence-electron chi connectivity index (χ3n) is 15.4. The average Bonchev–Trinajstić information content (AvgIpc) is 3.84. The quantitative estimate of drug-likeness (QED) is 0.130. The summed E-state index contributed by atoms with van der Waals surface area (Å²) in [6.07, 6.45) is 13.1. The van der Waals surface area contributed by atoms with Crippen LogP contribution in [0.2, 0.25) is 0 Å². The lowest BCUT2D eigenvalue weighted by molar-refractivity contribution is -0.0920. The summed E-state index contributed by atoms with van der Waals surface area (Å²) in [7, 11) is -3.88. The Morgan fingerprint density at radius 1 is 0.845 bits per heavy atom. The van der Waals surface area contributed by atoms with Gasteiger partial charge in [-0.05, 0) is 159 Å². The SMILES string of the molecule is CC1=CCCC2(C)C(CCC2(O)CN(CC23CC4CC(CC(C4)C2)C3)S(=O)(=O)c2cccs2)c2ccc(cc2C(=O)c2ccc(-c3ccccc3)cc2)CC(O)CC1. The fourth-order valence-electron chi connectivity index (χ4n) is 12.7. The van der Waals surface area contributed by atoms with Gasteiger partial charge >= 0.3 is 0 Å². The first-order valence-electron chi connectivity index (χ1n) is 21.8. The number of allylic oxidation sites excluding steroid dienone is 2. The number of carbonyl (C=O) groups excluding carboxylic acids is 1. The van der Waals surface area contributed by atoms with Crippen molar-refractivity contribution in [2.24, 2.45) is 28.6 Å². The molecular weight excluding hydrogens is 759 g/mol. The third-order valence-corrected chi connectivity index (χ3v) is 18.5. The van der Waals surface area contributed by atoms with Crippen molar-refractivity contribution in [3.8, 4) is 11.1 Å². The maximum Gasteiger partial charge on any atom is 0.252 e. The number of nitrogens with zero attached hydrogens (tertiary/aromatic N) is 1. The zero-order valence-corrected chi connectivity index (χ0v) is 35.7. The zero-order valence-electron chi connectivity index (χ0n) is 34.1. The van der Waals surface area contributed by atoms with E-state index in [0.29, 0.717) is 78.2 Å². The van der Waals surface area contributed by atoms with Gasteiger partial charge in [0, 0.05) is 29.6 Å². The lowest BCUT2D eigenvalue weighted by Gasteiger charge is -2.58. The number of benzene rings is 3. The molecule has 8 heteroatoms. The molecule has 0 radical (unpaired) electrons. The van der Waals surface area contributed by atoms with E-state index in [-0.39, 0.29) is 23.7 Å². The summed E-state index contributed by atoms with van der Waals surface area (Å²) in [5.41, 5.74) is 4.23. The molecule has 5 saturated carbocycles. The molecule has 4 atom stereocenters. The Labute approximate surface area is 349 Å². The third kappa shape index (κ3) is 7.51. The minimum Gasteiger partial charge on any atom is -0.393 e. The van der Waals surface area contributed by atoms with E-state index in [1.807, 2.05) is 60.0 Å². The summed E-state index contributed by atoms with van der Waals surface area (Å²) < 4.78 is 31.7. The molecule has 6 nitrogen and oxygen atoms in total. The van der Waals surface area contributed by atoms with Crippen LogP contribution in [0.1, 0.15) is 124 Å². The first-order chi connectivity index (χ1) is 27.8. The highest BCUT2D eigenvalue weighted by Gasteiger charge is 2.59. The Hall–Kier alpha value is -3.40. The van der Waals surface area contributed by atoms with E-state index in [4.69, 9.17) is 0 Å². The number of thiophene rings is 1. The molecule has 1 aromatic heterocycles. The molecule has 0 saturated heterocycles. The van der Waals surface area contributed by atoms with Crippen LogP contribution in [0.5, 0.6) is 0 Å². The first-order valence-corrected chi connectivity index (χ1v) is 24.1. The van der Waals surface area contributed by atoms with Gasteiger partial charge in [-0.25, -0.2) is 8.42 Å². The Bertz CT molecular complexity index is 2230. The number of carbonyl (C=O) groups is 1. The van der Waals surface area contributed by atoms with Crippen LogP contribution in [0.25, 0.3) is 11.1 Å². The highest BCUT2D eigenvalue weighted by atomic mass is 32.2. The van der Waals surface area contributed by atoms with Crippen LogP contribution in [-0.4, -0.2) is 53.5 Å². The van der Waals surface area contributed by atoms with E-state index in [2.05, 4.69) is 44.2 Å². The van der Waals surface area contributed by atoms with Crippen molar-refractivity contribution in [1.29, 1.82) is 0 Å². The highest BCUT2D eigenvalue weighted by Crippen LogP contribution is 2.62. The predicted octanol–water partition coefficient (Wildman–Crippen LogP) is 10.6. The number of rotatable bonds is 9. The minimum absolute atomic E-state index is 0.0409. The molecule has 11 rings (SSSR count). The number of sulfonamides is 1. The van der Waals surface area contributed by atoms with Gasteiger partial charge in [0.05, 0.1) is 11.7 Å². The number of aliphatic hydroxyl groups is 2. The van der Waals surface area contributed by atoms with Crippen molar-refractivity contribution >= 4 is 27.1 Å². The zero-order chi connectivity index (χ0) is 40.3. The Morgan fingerprint density at radius 2 is 1.53 bits per heavy atom. The first kappa shape index (κ1) is 40.0. The van der Waals surface area contributed by atoms with E-state index >= 15 is 0 Å². The normalized spacial score (nSPS) is 32.2. The molecule has 3 aromatic carbocycles. The largest absolute Gasteiger partial charge is 0.393 e. The Balaban J connectivity index is 1.11. The van der Waals surface area contributed by atoms with Crippen LogP contribution in [-0.2, 0) is 16.4 Å². The molecule has 0 spiro atoms. The van der Waals surface area contributed by atoms with Crippen molar-refractivity contribution in [3.63, 3.8) is 0 Å². The molecule has 4 unspecified atom stereocenters. The Morgan fingerprint density at radius 3 is 2.21 bits per heavy atom. The Kier molecular flexibility index (Phi) is 10.7. The lowest BCUT2D eigenvalue weighted by Crippen LogP contribution is -2.57. The summed E-state index contributed by atoms with van der Waals surface area (Å²) in [5.74, 6) is 1.77. The molecule has 7 aliphatic rings. The van der Waals surface area contributed by atoms with Crippen molar-refractivity contribution in [3.05, 3.63) is 124 Å². The smallest absolute Gasteiger partial charge is 0.252 e. The molecule has 1 heterocycles. The van der Waals surface area contributed by atoms with Gasteiger partial charge in [-0.15, -0.1) is 11.3 Å². The molecule has 0 aliphatic heterocycles. The van der Waals surface area contributed by atoms with E-state index < -0.39 is 27.1 Å². The fourth-order valence-corrected chi connectivity index (χ4v) is 15.5. The van der Waals surface area contributed by atoms with Crippen molar-refractivity contribution in [2.75, 3.05) is 13.1 Å². The number of hydrogen-bond acceptors (Lipinski definition) is 6. The maximum absolute atomic E-state index is 14.8. The van der Waals surface area contributed by atoms with Gasteiger partial charge in [-0.2, -0.15) is 4.31 Å². The second-order valence-corrected chi connectivity index (χ2v) is 22.5. The van der Waals surface area contributed by atoms with Gasteiger partial charge in [0.15, 0.2) is 5.78 Å². The topological polar surface area (TPSA) is 94.9 Å². The number of aliphatic hydroxyl groups excluding tert-OH is 1. The van der Waals surface area contributed by atoms with Gasteiger partial charge in [0.2, 0.25) is 0 Å². The molecule has 7 aliphatic carbocycles. The van der Waals surface area contributed by atoms with Crippen LogP contribution in [0, 0.1) is 28.6 Å². The summed E-state index contributed by atoms with van der Waals surface area (Å²) in [4.78, 5) is 14.8. The summed E-state index contributed by atoms with van der Waals surface area (Å²) in [5, 5.41) is 26.3. The van der Waals surface area contributed by atoms with Crippen molar-refractivity contribution < 1.29 is 23.4 Å². The van der Waals surface area contributed by atoms with Crippen molar-refractivity contribution in [2.45, 2.75) is 119 Å². The monoisotopic (exact) mass is 817 g/mol. The lowest BCUT2D eigenvalue weighted by atomic mass is 9.49. The van der Waals surface area contributed by atoms with Gasteiger partial charge in [0.1, 0.15) is 4.21 Å². The fraction of sp³-hybridized carbons (Fsp3) is 0.500.